The average molecular weight is 289 g/mol. The lowest BCUT2D eigenvalue weighted by Gasteiger charge is -2.29. The first-order valence-corrected chi connectivity index (χ1v) is 7.49. The van der Waals surface area contributed by atoms with Gasteiger partial charge in [-0.05, 0) is 38.7 Å². The fourth-order valence-corrected chi connectivity index (χ4v) is 3.34. The standard InChI is InChI=1S/C11H19N3O2S2/c1-8(2)14-11(3,9(15)16-4)5-6-17-10-12-7-13-18-10/h7-8,14H,5-6H2,1-4H3. The first-order chi connectivity index (χ1) is 8.48. The minimum Gasteiger partial charge on any atom is -0.468 e. The molecule has 0 aliphatic heterocycles. The molecule has 5 nitrogen and oxygen atoms in total. The Morgan fingerprint density at radius 2 is 2.39 bits per heavy atom. The third kappa shape index (κ3) is 4.55. The second-order valence-corrected chi connectivity index (χ2v) is 6.55. The van der Waals surface area contributed by atoms with E-state index in [1.54, 1.807) is 18.1 Å². The maximum absolute atomic E-state index is 11.8. The average Bonchev–Trinajstić information content (AvgIpc) is 2.80. The van der Waals surface area contributed by atoms with Gasteiger partial charge in [-0.25, -0.2) is 4.98 Å². The van der Waals surface area contributed by atoms with Crippen molar-refractivity contribution in [2.24, 2.45) is 0 Å². The van der Waals surface area contributed by atoms with Crippen molar-refractivity contribution in [1.82, 2.24) is 14.7 Å². The quantitative estimate of drug-likeness (QED) is 0.611. The van der Waals surface area contributed by atoms with E-state index in [0.29, 0.717) is 6.42 Å². The number of nitrogens with one attached hydrogen (secondary N) is 1. The Hall–Kier alpha value is -0.660. The fraction of sp³-hybridized carbons (Fsp3) is 0.727. The number of thioether (sulfide) groups is 1. The summed E-state index contributed by atoms with van der Waals surface area (Å²) in [6, 6.07) is 0.223. The molecule has 102 valence electrons. The van der Waals surface area contributed by atoms with Crippen LogP contribution in [0.1, 0.15) is 27.2 Å². The van der Waals surface area contributed by atoms with Crippen LogP contribution in [0.25, 0.3) is 0 Å². The van der Waals surface area contributed by atoms with Crippen molar-refractivity contribution in [2.45, 2.75) is 43.1 Å². The van der Waals surface area contributed by atoms with Crippen LogP contribution in [0.4, 0.5) is 0 Å². The molecule has 7 heteroatoms. The molecule has 0 spiro atoms. The molecule has 1 atom stereocenters. The van der Waals surface area contributed by atoms with Crippen LogP contribution in [0.2, 0.25) is 0 Å². The number of hydrogen-bond donors (Lipinski definition) is 1. The number of nitrogens with zero attached hydrogens (tertiary/aromatic N) is 2. The Kier molecular flexibility index (Phi) is 6.04. The summed E-state index contributed by atoms with van der Waals surface area (Å²) in [5.41, 5.74) is -0.652. The van der Waals surface area contributed by atoms with Crippen LogP contribution in [-0.2, 0) is 9.53 Å². The van der Waals surface area contributed by atoms with Crippen molar-refractivity contribution < 1.29 is 9.53 Å². The topological polar surface area (TPSA) is 64.1 Å². The van der Waals surface area contributed by atoms with E-state index in [1.807, 2.05) is 20.8 Å². The largest absolute Gasteiger partial charge is 0.468 e. The van der Waals surface area contributed by atoms with E-state index >= 15 is 0 Å². The van der Waals surface area contributed by atoms with Crippen LogP contribution in [0.5, 0.6) is 0 Å². The van der Waals surface area contributed by atoms with Crippen molar-refractivity contribution in [3.63, 3.8) is 0 Å². The second kappa shape index (κ2) is 7.06. The second-order valence-electron chi connectivity index (χ2n) is 4.43. The Balaban J connectivity index is 2.53. The summed E-state index contributed by atoms with van der Waals surface area (Å²) in [5.74, 6) is 0.564. The van der Waals surface area contributed by atoms with Gasteiger partial charge in [0.2, 0.25) is 0 Å². The number of carbonyl (C=O) groups is 1. The molecule has 0 aromatic carbocycles. The van der Waals surface area contributed by atoms with Gasteiger partial charge in [0.1, 0.15) is 11.9 Å². The van der Waals surface area contributed by atoms with Gasteiger partial charge in [-0.15, -0.1) is 0 Å². The summed E-state index contributed by atoms with van der Waals surface area (Å²) in [7, 11) is 1.42. The first kappa shape index (κ1) is 15.4. The van der Waals surface area contributed by atoms with Crippen molar-refractivity contribution in [3.05, 3.63) is 6.33 Å². The molecule has 0 amide bonds. The summed E-state index contributed by atoms with van der Waals surface area (Å²) >= 11 is 2.97. The van der Waals surface area contributed by atoms with Gasteiger partial charge in [-0.2, -0.15) is 4.37 Å². The zero-order chi connectivity index (χ0) is 13.6. The highest BCUT2D eigenvalue weighted by Gasteiger charge is 2.34. The number of esters is 1. The van der Waals surface area contributed by atoms with Crippen molar-refractivity contribution in [1.29, 1.82) is 0 Å². The molecule has 0 aliphatic rings. The van der Waals surface area contributed by atoms with Crippen LogP contribution < -0.4 is 5.32 Å². The van der Waals surface area contributed by atoms with Gasteiger partial charge < -0.3 is 4.74 Å². The molecule has 0 aliphatic carbocycles. The zero-order valence-electron chi connectivity index (χ0n) is 11.1. The molecule has 1 unspecified atom stereocenters. The van der Waals surface area contributed by atoms with Crippen LogP contribution in [0, 0.1) is 0 Å². The zero-order valence-corrected chi connectivity index (χ0v) is 12.7. The van der Waals surface area contributed by atoms with E-state index in [2.05, 4.69) is 14.7 Å². The molecule has 1 heterocycles. The first-order valence-electron chi connectivity index (χ1n) is 5.73. The molecule has 0 saturated heterocycles. The fourth-order valence-electron chi connectivity index (χ4n) is 1.66. The Morgan fingerprint density at radius 3 is 2.89 bits per heavy atom. The van der Waals surface area contributed by atoms with Gasteiger partial charge in [-0.3, -0.25) is 10.1 Å². The lowest BCUT2D eigenvalue weighted by Crippen LogP contribution is -2.53. The molecular formula is C11H19N3O2S2. The monoisotopic (exact) mass is 289 g/mol. The molecule has 0 fully saturated rings. The van der Waals surface area contributed by atoms with Crippen LogP contribution >= 0.6 is 23.3 Å². The van der Waals surface area contributed by atoms with Gasteiger partial charge in [0.25, 0.3) is 0 Å². The molecular weight excluding hydrogens is 270 g/mol. The minimum atomic E-state index is -0.652. The van der Waals surface area contributed by atoms with Gasteiger partial charge in [0, 0.05) is 11.8 Å². The number of ether oxygens (including phenoxy) is 1. The van der Waals surface area contributed by atoms with Crippen molar-refractivity contribution in [3.8, 4) is 0 Å². The number of rotatable bonds is 7. The molecule has 1 aromatic heterocycles. The number of carbonyl (C=O) groups excluding carboxylic acids is 1. The number of hydrogen-bond acceptors (Lipinski definition) is 7. The minimum absolute atomic E-state index is 0.223. The third-order valence-electron chi connectivity index (χ3n) is 2.41. The lowest BCUT2D eigenvalue weighted by molar-refractivity contribution is -0.148. The van der Waals surface area contributed by atoms with Crippen LogP contribution in [0.3, 0.4) is 0 Å². The Labute approximate surface area is 116 Å². The van der Waals surface area contributed by atoms with Gasteiger partial charge in [-0.1, -0.05) is 11.8 Å². The van der Waals surface area contributed by atoms with E-state index in [9.17, 15) is 4.79 Å². The molecule has 0 bridgehead atoms. The normalized spacial score (nSPS) is 14.5. The van der Waals surface area contributed by atoms with E-state index in [-0.39, 0.29) is 12.0 Å². The predicted molar refractivity (Wildman–Crippen MR) is 73.9 cm³/mol. The maximum Gasteiger partial charge on any atom is 0.325 e. The molecule has 18 heavy (non-hydrogen) atoms. The number of methoxy groups -OCH3 is 1. The molecule has 1 rings (SSSR count). The van der Waals surface area contributed by atoms with E-state index in [1.165, 1.54) is 18.6 Å². The van der Waals surface area contributed by atoms with Crippen LogP contribution in [-0.4, -0.2) is 39.8 Å². The number of aromatic nitrogens is 2. The van der Waals surface area contributed by atoms with E-state index in [4.69, 9.17) is 4.74 Å². The van der Waals surface area contributed by atoms with Crippen molar-refractivity contribution in [2.75, 3.05) is 12.9 Å². The van der Waals surface area contributed by atoms with Gasteiger partial charge in [0.15, 0.2) is 4.34 Å². The van der Waals surface area contributed by atoms with E-state index in [0.717, 1.165) is 10.1 Å². The molecule has 1 aromatic rings. The molecule has 0 saturated carbocycles. The highest BCUT2D eigenvalue weighted by Crippen LogP contribution is 2.23. The summed E-state index contributed by atoms with van der Waals surface area (Å²) in [4.78, 5) is 15.9. The van der Waals surface area contributed by atoms with Crippen molar-refractivity contribution >= 4 is 29.3 Å². The van der Waals surface area contributed by atoms with Crippen LogP contribution in [0.15, 0.2) is 10.7 Å². The Bertz CT molecular complexity index is 370. The lowest BCUT2D eigenvalue weighted by atomic mass is 9.98. The predicted octanol–water partition coefficient (Wildman–Crippen LogP) is 1.95. The third-order valence-corrected chi connectivity index (χ3v) is 4.21. The summed E-state index contributed by atoms with van der Waals surface area (Å²) in [6.07, 6.45) is 2.22. The van der Waals surface area contributed by atoms with E-state index < -0.39 is 5.54 Å². The summed E-state index contributed by atoms with van der Waals surface area (Å²) in [5, 5.41) is 3.27. The highest BCUT2D eigenvalue weighted by molar-refractivity contribution is 8.00. The van der Waals surface area contributed by atoms with Gasteiger partial charge in [0.05, 0.1) is 7.11 Å². The van der Waals surface area contributed by atoms with Gasteiger partial charge >= 0.3 is 5.97 Å². The summed E-state index contributed by atoms with van der Waals surface area (Å²) in [6.45, 7) is 5.90. The summed E-state index contributed by atoms with van der Waals surface area (Å²) < 4.78 is 9.73. The molecule has 0 radical (unpaired) electrons. The smallest absolute Gasteiger partial charge is 0.325 e. The maximum atomic E-state index is 11.8. The molecule has 1 N–H and O–H groups in total. The Morgan fingerprint density at radius 1 is 1.67 bits per heavy atom. The SMILES string of the molecule is COC(=O)C(C)(CCSc1ncns1)NC(C)C. The highest BCUT2D eigenvalue weighted by atomic mass is 32.2.